The normalized spacial score (nSPS) is 15.3. The molecule has 156 valence electrons. The van der Waals surface area contributed by atoms with Crippen LogP contribution in [-0.4, -0.2) is 57.1 Å². The second kappa shape index (κ2) is 9.56. The van der Waals surface area contributed by atoms with E-state index in [0.717, 1.165) is 5.69 Å². The van der Waals surface area contributed by atoms with Crippen molar-refractivity contribution in [3.63, 3.8) is 0 Å². The van der Waals surface area contributed by atoms with E-state index < -0.39 is 10.0 Å². The number of anilines is 1. The number of amides is 1. The van der Waals surface area contributed by atoms with Crippen LogP contribution in [0.25, 0.3) is 0 Å². The average Bonchev–Trinajstić information content (AvgIpc) is 2.72. The number of rotatable bonds is 7. The minimum Gasteiger partial charge on any atom is -0.369 e. The summed E-state index contributed by atoms with van der Waals surface area (Å²) in [4.78, 5) is 14.1. The number of hydrogen-bond acceptors (Lipinski definition) is 4. The molecule has 6 nitrogen and oxygen atoms in total. The molecule has 2 aromatic carbocycles. The first kappa shape index (κ1) is 21.5. The van der Waals surface area contributed by atoms with Crippen LogP contribution in [-0.2, 0) is 10.0 Å². The third-order valence-electron chi connectivity index (χ3n) is 4.81. The molecule has 1 heterocycles. The fourth-order valence-electron chi connectivity index (χ4n) is 3.20. The Morgan fingerprint density at radius 2 is 1.69 bits per heavy atom. The molecule has 0 radical (unpaired) electrons. The number of piperazine rings is 1. The van der Waals surface area contributed by atoms with E-state index >= 15 is 0 Å². The molecule has 0 atom stereocenters. The Balaban J connectivity index is 1.44. The van der Waals surface area contributed by atoms with Crippen LogP contribution in [0.4, 0.5) is 10.1 Å². The van der Waals surface area contributed by atoms with Crippen LogP contribution in [0.5, 0.6) is 0 Å². The SMILES string of the molecule is O=C(NCCCS(=O)(=O)N1CCN(c2ccc(F)cc2)CC1)c1ccccc1Cl. The van der Waals surface area contributed by atoms with E-state index in [2.05, 4.69) is 5.32 Å². The topological polar surface area (TPSA) is 69.7 Å². The molecule has 0 aliphatic carbocycles. The molecule has 29 heavy (non-hydrogen) atoms. The minimum absolute atomic E-state index is 0.0354. The van der Waals surface area contributed by atoms with E-state index in [1.807, 2.05) is 4.90 Å². The summed E-state index contributed by atoms with van der Waals surface area (Å²) < 4.78 is 39.7. The largest absolute Gasteiger partial charge is 0.369 e. The summed E-state index contributed by atoms with van der Waals surface area (Å²) in [6, 6.07) is 12.9. The van der Waals surface area contributed by atoms with Gasteiger partial charge < -0.3 is 10.2 Å². The molecule has 2 aromatic rings. The first-order valence-corrected chi connectivity index (χ1v) is 11.4. The van der Waals surface area contributed by atoms with Gasteiger partial charge in [-0.15, -0.1) is 0 Å². The van der Waals surface area contributed by atoms with E-state index in [4.69, 9.17) is 11.6 Å². The molecule has 1 amide bonds. The van der Waals surface area contributed by atoms with E-state index in [1.54, 1.807) is 36.4 Å². The molecule has 1 N–H and O–H groups in total. The Bertz CT molecular complexity index is 946. The van der Waals surface area contributed by atoms with Crippen molar-refractivity contribution in [2.24, 2.45) is 0 Å². The van der Waals surface area contributed by atoms with Crippen LogP contribution >= 0.6 is 11.6 Å². The van der Waals surface area contributed by atoms with Crippen molar-refractivity contribution in [2.45, 2.75) is 6.42 Å². The van der Waals surface area contributed by atoms with Crippen molar-refractivity contribution in [1.82, 2.24) is 9.62 Å². The Hall–Kier alpha value is -2.16. The second-order valence-electron chi connectivity index (χ2n) is 6.77. The van der Waals surface area contributed by atoms with Crippen LogP contribution < -0.4 is 10.2 Å². The zero-order chi connectivity index (χ0) is 20.9. The number of nitrogens with zero attached hydrogens (tertiary/aromatic N) is 2. The molecule has 0 aromatic heterocycles. The molecular weight excluding hydrogens is 417 g/mol. The van der Waals surface area contributed by atoms with Gasteiger partial charge >= 0.3 is 0 Å². The van der Waals surface area contributed by atoms with Crippen LogP contribution in [0.15, 0.2) is 48.5 Å². The van der Waals surface area contributed by atoms with E-state index in [9.17, 15) is 17.6 Å². The number of sulfonamides is 1. The molecule has 0 unspecified atom stereocenters. The minimum atomic E-state index is -3.40. The maximum absolute atomic E-state index is 13.0. The molecular formula is C20H23ClFN3O3S. The van der Waals surface area contributed by atoms with Gasteiger partial charge in [-0.05, 0) is 42.8 Å². The summed E-state index contributed by atoms with van der Waals surface area (Å²) in [7, 11) is -3.40. The fourth-order valence-corrected chi connectivity index (χ4v) is 4.91. The highest BCUT2D eigenvalue weighted by Gasteiger charge is 2.26. The van der Waals surface area contributed by atoms with E-state index in [-0.39, 0.29) is 24.0 Å². The lowest BCUT2D eigenvalue weighted by atomic mass is 10.2. The maximum Gasteiger partial charge on any atom is 0.252 e. The van der Waals surface area contributed by atoms with Crippen LogP contribution in [0, 0.1) is 5.82 Å². The lowest BCUT2D eigenvalue weighted by Crippen LogP contribution is -2.49. The Morgan fingerprint density at radius 3 is 2.34 bits per heavy atom. The van der Waals surface area contributed by atoms with Gasteiger partial charge in [-0.1, -0.05) is 23.7 Å². The van der Waals surface area contributed by atoms with Gasteiger partial charge in [-0.2, -0.15) is 4.31 Å². The third kappa shape index (κ3) is 5.68. The van der Waals surface area contributed by atoms with Gasteiger partial charge in [0.2, 0.25) is 10.0 Å². The van der Waals surface area contributed by atoms with Crippen molar-refractivity contribution in [2.75, 3.05) is 43.4 Å². The maximum atomic E-state index is 13.0. The van der Waals surface area contributed by atoms with Crippen molar-refractivity contribution < 1.29 is 17.6 Å². The monoisotopic (exact) mass is 439 g/mol. The number of halogens is 2. The zero-order valence-corrected chi connectivity index (χ0v) is 17.4. The summed E-state index contributed by atoms with van der Waals surface area (Å²) in [6.07, 6.45) is 0.316. The molecule has 0 spiro atoms. The number of carbonyl (C=O) groups excluding carboxylic acids is 1. The molecule has 0 bridgehead atoms. The summed E-state index contributed by atoms with van der Waals surface area (Å²) in [6.45, 7) is 2.11. The standard InChI is InChI=1S/C20H23ClFN3O3S/c21-19-5-2-1-4-18(19)20(26)23-10-3-15-29(27,28)25-13-11-24(12-14-25)17-8-6-16(22)7-9-17/h1-2,4-9H,3,10-15H2,(H,23,26). The van der Waals surface area contributed by atoms with Gasteiger partial charge in [0, 0.05) is 38.4 Å². The Kier molecular flexibility index (Phi) is 7.10. The van der Waals surface area contributed by atoms with Gasteiger partial charge in [0.05, 0.1) is 16.3 Å². The lowest BCUT2D eigenvalue weighted by molar-refractivity contribution is 0.0954. The predicted octanol–water partition coefficient (Wildman–Crippen LogP) is 2.75. The van der Waals surface area contributed by atoms with E-state index in [0.29, 0.717) is 43.2 Å². The first-order chi connectivity index (χ1) is 13.9. The quantitative estimate of drug-likeness (QED) is 0.673. The van der Waals surface area contributed by atoms with Gasteiger partial charge in [-0.3, -0.25) is 4.79 Å². The van der Waals surface area contributed by atoms with Crippen molar-refractivity contribution >= 4 is 33.2 Å². The third-order valence-corrected chi connectivity index (χ3v) is 7.09. The van der Waals surface area contributed by atoms with Gasteiger partial charge in [0.1, 0.15) is 5.82 Å². The highest BCUT2D eigenvalue weighted by Crippen LogP contribution is 2.18. The van der Waals surface area contributed by atoms with Crippen molar-refractivity contribution in [3.8, 4) is 0 Å². The first-order valence-electron chi connectivity index (χ1n) is 9.38. The Labute approximate surface area is 175 Å². The molecule has 1 aliphatic rings. The Morgan fingerprint density at radius 1 is 1.03 bits per heavy atom. The second-order valence-corrected chi connectivity index (χ2v) is 9.26. The highest BCUT2D eigenvalue weighted by molar-refractivity contribution is 7.89. The van der Waals surface area contributed by atoms with E-state index in [1.165, 1.54) is 16.4 Å². The number of nitrogens with one attached hydrogen (secondary N) is 1. The van der Waals surface area contributed by atoms with Gasteiger partial charge in [-0.25, -0.2) is 12.8 Å². The fraction of sp³-hybridized carbons (Fsp3) is 0.350. The molecule has 9 heteroatoms. The molecule has 3 rings (SSSR count). The summed E-state index contributed by atoms with van der Waals surface area (Å²) >= 11 is 5.98. The lowest BCUT2D eigenvalue weighted by Gasteiger charge is -2.35. The number of hydrogen-bond donors (Lipinski definition) is 1. The number of benzene rings is 2. The average molecular weight is 440 g/mol. The molecule has 0 saturated carbocycles. The predicted molar refractivity (Wildman–Crippen MR) is 112 cm³/mol. The molecule has 1 fully saturated rings. The van der Waals surface area contributed by atoms with Gasteiger partial charge in [0.15, 0.2) is 0 Å². The van der Waals surface area contributed by atoms with Crippen LogP contribution in [0.2, 0.25) is 5.02 Å². The van der Waals surface area contributed by atoms with Crippen molar-refractivity contribution in [3.05, 3.63) is 64.9 Å². The zero-order valence-electron chi connectivity index (χ0n) is 15.9. The van der Waals surface area contributed by atoms with Crippen LogP contribution in [0.3, 0.4) is 0 Å². The summed E-state index contributed by atoms with van der Waals surface area (Å²) in [5, 5.41) is 3.06. The molecule has 1 aliphatic heterocycles. The smallest absolute Gasteiger partial charge is 0.252 e. The summed E-state index contributed by atoms with van der Waals surface area (Å²) in [5.74, 6) is -0.649. The van der Waals surface area contributed by atoms with Crippen molar-refractivity contribution in [1.29, 1.82) is 0 Å². The molecule has 1 saturated heterocycles. The number of carbonyl (C=O) groups is 1. The summed E-state index contributed by atoms with van der Waals surface area (Å²) in [5.41, 5.74) is 1.25. The highest BCUT2D eigenvalue weighted by atomic mass is 35.5. The van der Waals surface area contributed by atoms with Crippen LogP contribution in [0.1, 0.15) is 16.8 Å². The van der Waals surface area contributed by atoms with Gasteiger partial charge in [0.25, 0.3) is 5.91 Å².